The van der Waals surface area contributed by atoms with Gasteiger partial charge in [-0.2, -0.15) is 4.98 Å². The molecule has 3 aromatic rings. The quantitative estimate of drug-likeness (QED) is 0.602. The van der Waals surface area contributed by atoms with Crippen LogP contribution in [0, 0.1) is 5.92 Å². The summed E-state index contributed by atoms with van der Waals surface area (Å²) in [4.78, 5) is 35.6. The summed E-state index contributed by atoms with van der Waals surface area (Å²) < 4.78 is 15.3. The highest BCUT2D eigenvalue weighted by molar-refractivity contribution is 6.05. The number of anilines is 1. The molecule has 178 valence electrons. The van der Waals surface area contributed by atoms with Gasteiger partial charge in [-0.05, 0) is 58.1 Å². The molecule has 2 saturated heterocycles. The predicted octanol–water partition coefficient (Wildman–Crippen LogP) is 3.33. The third kappa shape index (κ3) is 3.33. The summed E-state index contributed by atoms with van der Waals surface area (Å²) in [7, 11) is 0. The minimum atomic E-state index is -0.447. The van der Waals surface area contributed by atoms with Gasteiger partial charge in [0, 0.05) is 30.0 Å². The molecule has 2 aliphatic carbocycles. The number of hydrogen-bond donors (Lipinski definition) is 1. The van der Waals surface area contributed by atoms with Gasteiger partial charge in [-0.1, -0.05) is 6.92 Å². The predicted molar refractivity (Wildman–Crippen MR) is 125 cm³/mol. The number of rotatable bonds is 6. The fourth-order valence-corrected chi connectivity index (χ4v) is 5.53. The van der Waals surface area contributed by atoms with E-state index in [4.69, 9.17) is 14.5 Å². The molecule has 2 saturated carbocycles. The first-order valence-electron chi connectivity index (χ1n) is 11.9. The Labute approximate surface area is 197 Å². The van der Waals surface area contributed by atoms with Crippen molar-refractivity contribution in [3.8, 4) is 5.88 Å². The van der Waals surface area contributed by atoms with Crippen LogP contribution in [0.25, 0.3) is 5.78 Å². The van der Waals surface area contributed by atoms with Crippen molar-refractivity contribution in [1.82, 2.24) is 18.9 Å². The van der Waals surface area contributed by atoms with Gasteiger partial charge in [0.05, 0.1) is 24.0 Å². The van der Waals surface area contributed by atoms with Gasteiger partial charge in [0.15, 0.2) is 0 Å². The van der Waals surface area contributed by atoms with E-state index < -0.39 is 5.91 Å². The minimum absolute atomic E-state index is 0.0545. The van der Waals surface area contributed by atoms with Crippen molar-refractivity contribution in [1.29, 1.82) is 0 Å². The molecule has 2 aliphatic heterocycles. The van der Waals surface area contributed by atoms with Crippen LogP contribution in [0.1, 0.15) is 69.1 Å². The molecule has 34 heavy (non-hydrogen) atoms. The van der Waals surface area contributed by atoms with E-state index in [9.17, 15) is 9.59 Å². The van der Waals surface area contributed by atoms with Crippen LogP contribution >= 0.6 is 0 Å². The summed E-state index contributed by atoms with van der Waals surface area (Å²) in [5, 5.41) is 2.78. The second-order valence-electron chi connectivity index (χ2n) is 10.7. The Morgan fingerprint density at radius 3 is 2.71 bits per heavy atom. The highest BCUT2D eigenvalue weighted by Crippen LogP contribution is 2.58. The first-order valence-corrected chi connectivity index (χ1v) is 11.9. The van der Waals surface area contributed by atoms with Gasteiger partial charge in [0.25, 0.3) is 11.5 Å². The first-order chi connectivity index (χ1) is 16.2. The number of imidazole rings is 1. The fraction of sp³-hybridized carbons (Fsp3) is 0.520. The van der Waals surface area contributed by atoms with Crippen LogP contribution < -0.4 is 15.6 Å². The van der Waals surface area contributed by atoms with Crippen molar-refractivity contribution in [2.75, 3.05) is 11.9 Å². The minimum Gasteiger partial charge on any atom is -0.474 e. The maximum Gasteiger partial charge on any atom is 0.274 e. The lowest BCUT2D eigenvalue weighted by Gasteiger charge is -2.41. The monoisotopic (exact) mass is 463 g/mol. The van der Waals surface area contributed by atoms with E-state index in [1.165, 1.54) is 0 Å². The third-order valence-electron chi connectivity index (χ3n) is 7.32. The normalized spacial score (nSPS) is 29.3. The van der Waals surface area contributed by atoms with Crippen LogP contribution in [-0.4, -0.2) is 43.2 Å². The van der Waals surface area contributed by atoms with Crippen LogP contribution in [0.15, 0.2) is 35.5 Å². The number of pyridine rings is 1. The number of carbonyl (C=O) groups excluding carboxylic acids is 1. The first kappa shape index (κ1) is 21.3. The maximum atomic E-state index is 13.3. The Morgan fingerprint density at radius 2 is 2.06 bits per heavy atom. The molecule has 1 N–H and O–H groups in total. The zero-order chi connectivity index (χ0) is 23.8. The van der Waals surface area contributed by atoms with Crippen LogP contribution in [0.4, 0.5) is 5.69 Å². The molecule has 2 bridgehead atoms. The molecule has 1 amide bonds. The van der Waals surface area contributed by atoms with Gasteiger partial charge < -0.3 is 19.4 Å². The number of aromatic nitrogens is 4. The molecule has 5 heterocycles. The average Bonchev–Trinajstić information content (AvgIpc) is 3.08. The highest BCUT2D eigenvalue weighted by atomic mass is 16.5. The molecule has 3 aromatic heterocycles. The third-order valence-corrected chi connectivity index (χ3v) is 7.32. The molecular formula is C25H29N5O4. The molecule has 7 rings (SSSR count). The molecule has 4 aliphatic rings. The Morgan fingerprint density at radius 1 is 1.29 bits per heavy atom. The van der Waals surface area contributed by atoms with E-state index in [1.54, 1.807) is 33.5 Å². The SMILES string of the molecule is CC(C)Oc1nc2nc(C34COC(C)(C3)C4)cn2cc1C(=O)Nc1cccn([C@H]2C[C@@H]2C)c1=O. The molecular weight excluding hydrogens is 434 g/mol. The van der Waals surface area contributed by atoms with E-state index >= 15 is 0 Å². The number of amides is 1. The van der Waals surface area contributed by atoms with Crippen molar-refractivity contribution < 1.29 is 14.3 Å². The number of nitrogens with zero attached hydrogens (tertiary/aromatic N) is 4. The summed E-state index contributed by atoms with van der Waals surface area (Å²) in [6.07, 6.45) is 8.04. The molecule has 9 nitrogen and oxygen atoms in total. The number of fused-ring (bicyclic) bond motifs is 2. The zero-order valence-corrected chi connectivity index (χ0v) is 19.9. The van der Waals surface area contributed by atoms with Gasteiger partial charge in [0.2, 0.25) is 11.7 Å². The average molecular weight is 464 g/mol. The van der Waals surface area contributed by atoms with Crippen molar-refractivity contribution in [2.45, 2.75) is 70.1 Å². The van der Waals surface area contributed by atoms with E-state index in [-0.39, 0.29) is 45.9 Å². The lowest BCUT2D eigenvalue weighted by atomic mass is 9.62. The van der Waals surface area contributed by atoms with Gasteiger partial charge >= 0.3 is 0 Å². The number of nitrogens with one attached hydrogen (secondary N) is 1. The van der Waals surface area contributed by atoms with E-state index in [2.05, 4.69) is 24.1 Å². The van der Waals surface area contributed by atoms with E-state index in [1.807, 2.05) is 20.0 Å². The molecule has 2 atom stereocenters. The molecule has 0 aromatic carbocycles. The van der Waals surface area contributed by atoms with Crippen LogP contribution in [0.3, 0.4) is 0 Å². The van der Waals surface area contributed by atoms with E-state index in [0.29, 0.717) is 18.3 Å². The Balaban J connectivity index is 1.35. The Bertz CT molecular complexity index is 1370. The number of hydrogen-bond acceptors (Lipinski definition) is 6. The fourth-order valence-electron chi connectivity index (χ4n) is 5.53. The van der Waals surface area contributed by atoms with E-state index in [0.717, 1.165) is 25.0 Å². The Kier molecular flexibility index (Phi) is 4.49. The van der Waals surface area contributed by atoms with Crippen LogP contribution in [0.2, 0.25) is 0 Å². The molecule has 0 unspecified atom stereocenters. The number of carbonyl (C=O) groups is 1. The molecule has 9 heteroatoms. The second kappa shape index (κ2) is 7.15. The standard InChI is InChI=1S/C25H29N5O4/c1-14(2)34-21-16(20(31)26-17-6-5-7-30(22(17)32)18-8-15(18)3)9-29-10-19(27-23(29)28-21)25-11-24(4,12-25)33-13-25/h5-7,9-10,14-15,18H,8,11-13H2,1-4H3,(H,26,31)/t15-,18-,24?,25?/m0/s1. The van der Waals surface area contributed by atoms with Crippen molar-refractivity contribution in [3.63, 3.8) is 0 Å². The largest absolute Gasteiger partial charge is 0.474 e. The van der Waals surface area contributed by atoms with Gasteiger partial charge in [-0.15, -0.1) is 0 Å². The topological polar surface area (TPSA) is 99.8 Å². The lowest BCUT2D eigenvalue weighted by molar-refractivity contribution is 0.0154. The summed E-state index contributed by atoms with van der Waals surface area (Å²) in [6, 6.07) is 3.60. The Hall–Kier alpha value is -3.20. The van der Waals surface area contributed by atoms with Crippen molar-refractivity contribution in [3.05, 3.63) is 52.3 Å². The van der Waals surface area contributed by atoms with Gasteiger partial charge in [-0.25, -0.2) is 4.98 Å². The lowest BCUT2D eigenvalue weighted by Crippen LogP contribution is -2.45. The summed E-state index contributed by atoms with van der Waals surface area (Å²) in [6.45, 7) is 8.64. The van der Waals surface area contributed by atoms with Gasteiger partial charge in [0.1, 0.15) is 11.3 Å². The molecule has 4 fully saturated rings. The summed E-state index contributed by atoms with van der Waals surface area (Å²) >= 11 is 0. The van der Waals surface area contributed by atoms with Crippen molar-refractivity contribution >= 4 is 17.4 Å². The van der Waals surface area contributed by atoms with Crippen LogP contribution in [-0.2, 0) is 10.2 Å². The summed E-state index contributed by atoms with van der Waals surface area (Å²) in [5.41, 5.74) is 1.07. The molecule has 0 spiro atoms. The molecule has 0 radical (unpaired) electrons. The zero-order valence-electron chi connectivity index (χ0n) is 19.9. The highest BCUT2D eigenvalue weighted by Gasteiger charge is 2.61. The van der Waals surface area contributed by atoms with Gasteiger partial charge in [-0.3, -0.25) is 14.0 Å². The number of ether oxygens (including phenoxy) is 2. The van der Waals surface area contributed by atoms with Crippen molar-refractivity contribution in [2.24, 2.45) is 5.92 Å². The second-order valence-corrected chi connectivity index (χ2v) is 10.7. The smallest absolute Gasteiger partial charge is 0.274 e. The summed E-state index contributed by atoms with van der Waals surface area (Å²) in [5.74, 6) is 0.692. The van der Waals surface area contributed by atoms with Crippen LogP contribution in [0.5, 0.6) is 5.88 Å². The maximum absolute atomic E-state index is 13.3.